The van der Waals surface area contributed by atoms with Gasteiger partial charge in [0, 0.05) is 13.0 Å². The van der Waals surface area contributed by atoms with Crippen molar-refractivity contribution in [2.75, 3.05) is 25.1 Å². The first-order chi connectivity index (χ1) is 10.1. The van der Waals surface area contributed by atoms with E-state index in [1.165, 1.54) is 0 Å². The normalized spacial score (nSPS) is 17.7. The van der Waals surface area contributed by atoms with Crippen LogP contribution in [0.4, 0.5) is 14.6 Å². The molecular formula is C12H15F2N5O2. The lowest BCUT2D eigenvalue weighted by Gasteiger charge is -2.22. The van der Waals surface area contributed by atoms with Crippen LogP contribution in [0.15, 0.2) is 12.1 Å². The predicted molar refractivity (Wildman–Crippen MR) is 69.2 cm³/mol. The first kappa shape index (κ1) is 14.1. The van der Waals surface area contributed by atoms with Crippen LogP contribution in [0, 0.1) is 0 Å². The molecule has 1 aliphatic rings. The van der Waals surface area contributed by atoms with E-state index in [1.807, 2.05) is 6.92 Å². The Morgan fingerprint density at radius 2 is 2.10 bits per heavy atom. The molecule has 0 aliphatic carbocycles. The van der Waals surface area contributed by atoms with Crippen molar-refractivity contribution >= 4 is 11.5 Å². The molecule has 2 aromatic heterocycles. The van der Waals surface area contributed by atoms with Gasteiger partial charge in [0.25, 0.3) is 6.43 Å². The summed E-state index contributed by atoms with van der Waals surface area (Å²) in [5, 5.41) is 14.2. The highest BCUT2D eigenvalue weighted by Crippen LogP contribution is 2.22. The Hall–Kier alpha value is -1.87. The molecule has 0 bridgehead atoms. The van der Waals surface area contributed by atoms with Gasteiger partial charge < -0.3 is 14.8 Å². The van der Waals surface area contributed by atoms with Gasteiger partial charge >= 0.3 is 0 Å². The Labute approximate surface area is 119 Å². The number of nitrogens with one attached hydrogen (secondary N) is 1. The lowest BCUT2D eigenvalue weighted by molar-refractivity contribution is -0.144. The summed E-state index contributed by atoms with van der Waals surface area (Å²) in [4.78, 5) is 0. The van der Waals surface area contributed by atoms with E-state index < -0.39 is 18.0 Å². The Bertz CT molecular complexity index is 627. The van der Waals surface area contributed by atoms with Crippen molar-refractivity contribution in [3.8, 4) is 0 Å². The molecule has 0 radical (unpaired) electrons. The fourth-order valence-electron chi connectivity index (χ4n) is 2.15. The third-order valence-corrected chi connectivity index (χ3v) is 3.27. The van der Waals surface area contributed by atoms with Crippen LogP contribution in [0.25, 0.3) is 5.65 Å². The van der Waals surface area contributed by atoms with Crippen molar-refractivity contribution in [2.45, 2.75) is 25.6 Å². The van der Waals surface area contributed by atoms with Crippen LogP contribution in [0.2, 0.25) is 0 Å². The number of anilines is 1. The van der Waals surface area contributed by atoms with Crippen LogP contribution in [-0.4, -0.2) is 45.4 Å². The van der Waals surface area contributed by atoms with E-state index in [1.54, 1.807) is 12.1 Å². The van der Waals surface area contributed by atoms with Gasteiger partial charge in [-0.15, -0.1) is 15.3 Å². The van der Waals surface area contributed by atoms with Crippen molar-refractivity contribution < 1.29 is 18.3 Å². The molecule has 7 nitrogen and oxygen atoms in total. The topological polar surface area (TPSA) is 73.6 Å². The summed E-state index contributed by atoms with van der Waals surface area (Å²) in [6, 6.07) is 3.25. The second-order valence-corrected chi connectivity index (χ2v) is 4.85. The van der Waals surface area contributed by atoms with Crippen LogP contribution >= 0.6 is 0 Å². The molecule has 1 aliphatic heterocycles. The molecule has 1 N–H and O–H groups in total. The summed E-state index contributed by atoms with van der Waals surface area (Å²) in [6.07, 6.45) is -2.10. The molecule has 1 fully saturated rings. The SMILES string of the molecule is CC1(CCNc2ccc3nnc(C(F)F)n3n2)OCCO1. The van der Waals surface area contributed by atoms with Crippen molar-refractivity contribution in [1.29, 1.82) is 0 Å². The maximum atomic E-state index is 12.8. The summed E-state index contributed by atoms with van der Waals surface area (Å²) in [6.45, 7) is 3.58. The zero-order chi connectivity index (χ0) is 14.9. The lowest BCUT2D eigenvalue weighted by Crippen LogP contribution is -2.28. The minimum Gasteiger partial charge on any atom is -0.368 e. The summed E-state index contributed by atoms with van der Waals surface area (Å²) in [7, 11) is 0. The highest BCUT2D eigenvalue weighted by molar-refractivity contribution is 5.44. The number of fused-ring (bicyclic) bond motifs is 1. The highest BCUT2D eigenvalue weighted by Gasteiger charge is 2.30. The number of halogens is 2. The highest BCUT2D eigenvalue weighted by atomic mass is 19.3. The van der Waals surface area contributed by atoms with Gasteiger partial charge in [-0.05, 0) is 19.1 Å². The molecule has 0 atom stereocenters. The molecule has 2 aromatic rings. The molecule has 0 spiro atoms. The van der Waals surface area contributed by atoms with Gasteiger partial charge in [0.15, 0.2) is 11.4 Å². The predicted octanol–water partition coefficient (Wildman–Crippen LogP) is 1.63. The smallest absolute Gasteiger partial charge is 0.299 e. The van der Waals surface area contributed by atoms with Crippen molar-refractivity contribution in [1.82, 2.24) is 19.8 Å². The minimum atomic E-state index is -2.72. The third kappa shape index (κ3) is 2.93. The van der Waals surface area contributed by atoms with Crippen molar-refractivity contribution in [3.05, 3.63) is 18.0 Å². The summed E-state index contributed by atoms with van der Waals surface area (Å²) < 4.78 is 37.5. The number of rotatable bonds is 5. The molecule has 1 saturated heterocycles. The van der Waals surface area contributed by atoms with Crippen LogP contribution < -0.4 is 5.32 Å². The van der Waals surface area contributed by atoms with E-state index in [0.717, 1.165) is 4.52 Å². The first-order valence-electron chi connectivity index (χ1n) is 6.60. The lowest BCUT2D eigenvalue weighted by atomic mass is 10.2. The second kappa shape index (κ2) is 5.49. The number of hydrogen-bond acceptors (Lipinski definition) is 6. The van der Waals surface area contributed by atoms with Crippen LogP contribution in [0.1, 0.15) is 25.6 Å². The Balaban J connectivity index is 1.68. The molecule has 0 unspecified atom stereocenters. The maximum Gasteiger partial charge on any atom is 0.299 e. The molecule has 0 aromatic carbocycles. The van der Waals surface area contributed by atoms with Crippen LogP contribution in [-0.2, 0) is 9.47 Å². The van der Waals surface area contributed by atoms with Gasteiger partial charge in [-0.25, -0.2) is 8.78 Å². The maximum absolute atomic E-state index is 12.8. The molecule has 3 rings (SSSR count). The Kier molecular flexibility index (Phi) is 3.68. The molecular weight excluding hydrogens is 284 g/mol. The zero-order valence-corrected chi connectivity index (χ0v) is 11.4. The Morgan fingerprint density at radius 3 is 2.81 bits per heavy atom. The Morgan fingerprint density at radius 1 is 1.33 bits per heavy atom. The molecule has 21 heavy (non-hydrogen) atoms. The molecule has 0 saturated carbocycles. The average molecular weight is 299 g/mol. The van der Waals surface area contributed by atoms with E-state index in [0.29, 0.717) is 32.0 Å². The number of nitrogens with zero attached hydrogens (tertiary/aromatic N) is 4. The number of hydrogen-bond donors (Lipinski definition) is 1. The van der Waals surface area contributed by atoms with E-state index in [4.69, 9.17) is 9.47 Å². The van der Waals surface area contributed by atoms with E-state index >= 15 is 0 Å². The van der Waals surface area contributed by atoms with Gasteiger partial charge in [-0.2, -0.15) is 4.52 Å². The summed E-state index contributed by atoms with van der Waals surface area (Å²) in [5.74, 6) is -0.601. The quantitative estimate of drug-likeness (QED) is 0.904. The van der Waals surface area contributed by atoms with Gasteiger partial charge in [0.2, 0.25) is 5.82 Å². The second-order valence-electron chi connectivity index (χ2n) is 4.85. The number of ether oxygens (including phenoxy) is 2. The molecule has 114 valence electrons. The third-order valence-electron chi connectivity index (χ3n) is 3.27. The van der Waals surface area contributed by atoms with Crippen LogP contribution in [0.5, 0.6) is 0 Å². The number of alkyl halides is 2. The largest absolute Gasteiger partial charge is 0.368 e. The minimum absolute atomic E-state index is 0.283. The van der Waals surface area contributed by atoms with Gasteiger partial charge in [0.1, 0.15) is 5.82 Å². The monoisotopic (exact) mass is 299 g/mol. The summed E-state index contributed by atoms with van der Waals surface area (Å²) in [5.41, 5.74) is 0.283. The van der Waals surface area contributed by atoms with E-state index in [9.17, 15) is 8.78 Å². The summed E-state index contributed by atoms with van der Waals surface area (Å²) >= 11 is 0. The first-order valence-corrected chi connectivity index (χ1v) is 6.60. The zero-order valence-electron chi connectivity index (χ0n) is 11.4. The van der Waals surface area contributed by atoms with Crippen LogP contribution in [0.3, 0.4) is 0 Å². The van der Waals surface area contributed by atoms with Crippen molar-refractivity contribution in [2.24, 2.45) is 0 Å². The fourth-order valence-corrected chi connectivity index (χ4v) is 2.15. The van der Waals surface area contributed by atoms with E-state index in [-0.39, 0.29) is 5.65 Å². The fraction of sp³-hybridized carbons (Fsp3) is 0.583. The molecule has 3 heterocycles. The standard InChI is InChI=1S/C12H15F2N5O2/c1-12(20-6-7-21-12)4-5-15-8-2-3-9-16-17-11(10(13)14)19(9)18-8/h2-3,10H,4-7H2,1H3,(H,15,18). The van der Waals surface area contributed by atoms with Gasteiger partial charge in [-0.3, -0.25) is 0 Å². The average Bonchev–Trinajstić information content (AvgIpc) is 3.05. The molecule has 0 amide bonds. The van der Waals surface area contributed by atoms with Crippen molar-refractivity contribution in [3.63, 3.8) is 0 Å². The van der Waals surface area contributed by atoms with Gasteiger partial charge in [0.05, 0.1) is 13.2 Å². The van der Waals surface area contributed by atoms with Gasteiger partial charge in [-0.1, -0.05) is 0 Å². The molecule has 9 heteroatoms. The van der Waals surface area contributed by atoms with E-state index in [2.05, 4.69) is 20.6 Å². The number of aromatic nitrogens is 4.